The standard InChI is InChI=1S/C8H12O/c1-6-5-8(3,4)9-7(6)2/h5H,2H2,1,3-4H3. The molecule has 1 aliphatic heterocycles. The van der Waals surface area contributed by atoms with Crippen molar-refractivity contribution in [3.05, 3.63) is 24.0 Å². The molecule has 0 amide bonds. The Morgan fingerprint density at radius 2 is 2.11 bits per heavy atom. The normalized spacial score (nSPS) is 23.4. The minimum absolute atomic E-state index is 0.124. The summed E-state index contributed by atoms with van der Waals surface area (Å²) < 4.78 is 5.37. The third-order valence-electron chi connectivity index (χ3n) is 1.39. The van der Waals surface area contributed by atoms with E-state index in [4.69, 9.17) is 4.74 Å². The minimum Gasteiger partial charge on any atom is -0.484 e. The second kappa shape index (κ2) is 1.63. The number of hydrogen-bond donors (Lipinski definition) is 0. The lowest BCUT2D eigenvalue weighted by molar-refractivity contribution is 0.103. The van der Waals surface area contributed by atoms with Gasteiger partial charge in [-0.2, -0.15) is 0 Å². The van der Waals surface area contributed by atoms with Gasteiger partial charge in [-0.25, -0.2) is 0 Å². The largest absolute Gasteiger partial charge is 0.484 e. The predicted octanol–water partition coefficient (Wildman–Crippen LogP) is 2.26. The van der Waals surface area contributed by atoms with Crippen LogP contribution in [0, 0.1) is 0 Å². The van der Waals surface area contributed by atoms with Gasteiger partial charge in [0.05, 0.1) is 0 Å². The van der Waals surface area contributed by atoms with Gasteiger partial charge in [0.2, 0.25) is 0 Å². The van der Waals surface area contributed by atoms with Crippen molar-refractivity contribution in [2.75, 3.05) is 0 Å². The molecule has 50 valence electrons. The third kappa shape index (κ3) is 1.15. The van der Waals surface area contributed by atoms with Gasteiger partial charge in [0, 0.05) is 0 Å². The molecule has 0 aliphatic carbocycles. The number of rotatable bonds is 0. The van der Waals surface area contributed by atoms with Crippen molar-refractivity contribution in [2.24, 2.45) is 0 Å². The SMILES string of the molecule is C=C1OC(C)(C)C=C1C. The molecule has 0 spiro atoms. The van der Waals surface area contributed by atoms with E-state index in [0.717, 1.165) is 11.3 Å². The first-order valence-electron chi connectivity index (χ1n) is 3.09. The van der Waals surface area contributed by atoms with E-state index in [1.807, 2.05) is 20.8 Å². The van der Waals surface area contributed by atoms with E-state index < -0.39 is 0 Å². The third-order valence-corrected chi connectivity index (χ3v) is 1.39. The maximum Gasteiger partial charge on any atom is 0.122 e. The Morgan fingerprint density at radius 3 is 2.22 bits per heavy atom. The van der Waals surface area contributed by atoms with Crippen LogP contribution in [0.5, 0.6) is 0 Å². The van der Waals surface area contributed by atoms with E-state index in [1.165, 1.54) is 0 Å². The van der Waals surface area contributed by atoms with Gasteiger partial charge in [-0.15, -0.1) is 0 Å². The molecule has 1 nitrogen and oxygen atoms in total. The first kappa shape index (κ1) is 6.40. The Hall–Kier alpha value is -0.720. The summed E-state index contributed by atoms with van der Waals surface area (Å²) in [6.07, 6.45) is 2.08. The molecule has 0 unspecified atom stereocenters. The Morgan fingerprint density at radius 1 is 1.56 bits per heavy atom. The molecule has 0 saturated heterocycles. The first-order valence-corrected chi connectivity index (χ1v) is 3.09. The molecule has 0 bridgehead atoms. The van der Waals surface area contributed by atoms with Crippen LogP contribution < -0.4 is 0 Å². The van der Waals surface area contributed by atoms with Crippen molar-refractivity contribution in [1.29, 1.82) is 0 Å². The summed E-state index contributed by atoms with van der Waals surface area (Å²) in [6, 6.07) is 0. The number of allylic oxidation sites excluding steroid dienone is 1. The van der Waals surface area contributed by atoms with E-state index in [1.54, 1.807) is 0 Å². The van der Waals surface area contributed by atoms with E-state index in [0.29, 0.717) is 0 Å². The van der Waals surface area contributed by atoms with Crippen molar-refractivity contribution < 1.29 is 4.74 Å². The monoisotopic (exact) mass is 124 g/mol. The molecule has 1 heterocycles. The van der Waals surface area contributed by atoms with Crippen LogP contribution in [0.4, 0.5) is 0 Å². The van der Waals surface area contributed by atoms with Crippen molar-refractivity contribution in [1.82, 2.24) is 0 Å². The summed E-state index contributed by atoms with van der Waals surface area (Å²) >= 11 is 0. The zero-order valence-corrected chi connectivity index (χ0v) is 6.19. The zero-order chi connectivity index (χ0) is 7.07. The van der Waals surface area contributed by atoms with Crippen LogP contribution >= 0.6 is 0 Å². The molecule has 1 rings (SSSR count). The van der Waals surface area contributed by atoms with Crippen LogP contribution in [0.3, 0.4) is 0 Å². The maximum atomic E-state index is 5.37. The van der Waals surface area contributed by atoms with Gasteiger partial charge in [-0.1, -0.05) is 6.58 Å². The van der Waals surface area contributed by atoms with Gasteiger partial charge in [0.15, 0.2) is 0 Å². The van der Waals surface area contributed by atoms with Crippen LogP contribution in [-0.4, -0.2) is 5.60 Å². The number of ether oxygens (including phenoxy) is 1. The molecular weight excluding hydrogens is 112 g/mol. The molecule has 1 aliphatic rings. The van der Waals surface area contributed by atoms with Crippen molar-refractivity contribution in [2.45, 2.75) is 26.4 Å². The average Bonchev–Trinajstić information content (AvgIpc) is 1.79. The summed E-state index contributed by atoms with van der Waals surface area (Å²) in [7, 11) is 0. The van der Waals surface area contributed by atoms with E-state index >= 15 is 0 Å². The molecule has 0 atom stereocenters. The molecule has 0 aromatic rings. The Bertz CT molecular complexity index is 175. The molecule has 0 aromatic heterocycles. The second-order valence-electron chi connectivity index (χ2n) is 2.96. The quantitative estimate of drug-likeness (QED) is 0.481. The highest BCUT2D eigenvalue weighted by atomic mass is 16.5. The lowest BCUT2D eigenvalue weighted by Crippen LogP contribution is -2.14. The highest BCUT2D eigenvalue weighted by Crippen LogP contribution is 2.28. The Labute approximate surface area is 56.0 Å². The lowest BCUT2D eigenvalue weighted by atomic mass is 10.1. The predicted molar refractivity (Wildman–Crippen MR) is 38.1 cm³/mol. The van der Waals surface area contributed by atoms with E-state index in [2.05, 4.69) is 12.7 Å². The minimum atomic E-state index is -0.124. The topological polar surface area (TPSA) is 9.23 Å². The molecule has 9 heavy (non-hydrogen) atoms. The van der Waals surface area contributed by atoms with Crippen LogP contribution in [0.1, 0.15) is 20.8 Å². The molecule has 0 saturated carbocycles. The van der Waals surface area contributed by atoms with E-state index in [-0.39, 0.29) is 5.60 Å². The summed E-state index contributed by atoms with van der Waals surface area (Å²) in [4.78, 5) is 0. The maximum absolute atomic E-state index is 5.37. The zero-order valence-electron chi connectivity index (χ0n) is 6.19. The van der Waals surface area contributed by atoms with Crippen LogP contribution in [0.2, 0.25) is 0 Å². The highest BCUT2D eigenvalue weighted by Gasteiger charge is 2.24. The molecule has 0 N–H and O–H groups in total. The molecule has 1 heteroatoms. The van der Waals surface area contributed by atoms with Gasteiger partial charge in [0.25, 0.3) is 0 Å². The van der Waals surface area contributed by atoms with Crippen molar-refractivity contribution in [3.63, 3.8) is 0 Å². The van der Waals surface area contributed by atoms with Crippen LogP contribution in [0.15, 0.2) is 24.0 Å². The molecule has 0 fully saturated rings. The van der Waals surface area contributed by atoms with Gasteiger partial charge in [0.1, 0.15) is 11.4 Å². The fourth-order valence-corrected chi connectivity index (χ4v) is 1.03. The van der Waals surface area contributed by atoms with Crippen molar-refractivity contribution >= 4 is 0 Å². The molecular formula is C8H12O. The number of hydrogen-bond acceptors (Lipinski definition) is 1. The summed E-state index contributed by atoms with van der Waals surface area (Å²) in [5, 5.41) is 0. The van der Waals surface area contributed by atoms with Crippen molar-refractivity contribution in [3.8, 4) is 0 Å². The van der Waals surface area contributed by atoms with Crippen LogP contribution in [-0.2, 0) is 4.74 Å². The Balaban J connectivity index is 2.86. The van der Waals surface area contributed by atoms with Gasteiger partial charge >= 0.3 is 0 Å². The fraction of sp³-hybridized carbons (Fsp3) is 0.500. The molecule has 0 radical (unpaired) electrons. The van der Waals surface area contributed by atoms with Gasteiger partial charge < -0.3 is 4.74 Å². The van der Waals surface area contributed by atoms with E-state index in [9.17, 15) is 0 Å². The smallest absolute Gasteiger partial charge is 0.122 e. The summed E-state index contributed by atoms with van der Waals surface area (Å²) in [6.45, 7) is 9.80. The first-order chi connectivity index (χ1) is 4.01. The van der Waals surface area contributed by atoms with Crippen LogP contribution in [0.25, 0.3) is 0 Å². The highest BCUT2D eigenvalue weighted by molar-refractivity contribution is 5.30. The summed E-state index contributed by atoms with van der Waals surface area (Å²) in [5.41, 5.74) is 1.03. The second-order valence-corrected chi connectivity index (χ2v) is 2.96. The Kier molecular flexibility index (Phi) is 1.16. The van der Waals surface area contributed by atoms with Gasteiger partial charge in [-0.05, 0) is 32.4 Å². The lowest BCUT2D eigenvalue weighted by Gasteiger charge is -2.15. The van der Waals surface area contributed by atoms with Gasteiger partial charge in [-0.3, -0.25) is 0 Å². The average molecular weight is 124 g/mol. The fourth-order valence-electron chi connectivity index (χ4n) is 1.03. The summed E-state index contributed by atoms with van der Waals surface area (Å²) in [5.74, 6) is 0.806. The molecule has 0 aromatic carbocycles.